The van der Waals surface area contributed by atoms with Crippen LogP contribution < -0.4 is 0 Å². The Labute approximate surface area is 79.0 Å². The average molecular weight is 239 g/mol. The van der Waals surface area contributed by atoms with Crippen molar-refractivity contribution in [3.05, 3.63) is 0 Å². The molecule has 0 unspecified atom stereocenters. The van der Waals surface area contributed by atoms with E-state index in [1.165, 1.54) is 0 Å². The molecule has 0 aliphatic carbocycles. The van der Waals surface area contributed by atoms with Crippen LogP contribution in [0.25, 0.3) is 0 Å². The fourth-order valence-electron chi connectivity index (χ4n) is 0.759. The van der Waals surface area contributed by atoms with Crippen LogP contribution in [0.1, 0.15) is 20.3 Å². The lowest BCUT2D eigenvalue weighted by molar-refractivity contribution is -0.136. The van der Waals surface area contributed by atoms with Crippen molar-refractivity contribution in [3.63, 3.8) is 0 Å². The van der Waals surface area contributed by atoms with Gasteiger partial charge in [0.25, 0.3) is 0 Å². The van der Waals surface area contributed by atoms with Gasteiger partial charge in [-0.15, -0.1) is 15.3 Å². The van der Waals surface area contributed by atoms with Gasteiger partial charge in [0.2, 0.25) is 0 Å². The van der Waals surface area contributed by atoms with Crippen molar-refractivity contribution in [2.75, 3.05) is 13.2 Å². The molecule has 4 heteroatoms. The largest absolute Gasteiger partial charge is 0.353 e. The first kappa shape index (κ1) is 11.6. The molecule has 0 saturated heterocycles. The maximum Gasteiger partial charge on any atom is 0.157 e. The van der Waals surface area contributed by atoms with Crippen LogP contribution in [0, 0.1) is 0 Å². The topological polar surface area (TPSA) is 18.5 Å². The van der Waals surface area contributed by atoms with Crippen LogP contribution in [-0.2, 0) is 9.47 Å². The fourth-order valence-corrected chi connectivity index (χ4v) is 1.79. The van der Waals surface area contributed by atoms with Crippen molar-refractivity contribution >= 4 is 23.4 Å². The Hall–Kier alpha value is 0.617. The minimum atomic E-state index is 0.00931. The van der Waals surface area contributed by atoms with Crippen molar-refractivity contribution < 1.29 is 9.47 Å². The van der Waals surface area contributed by atoms with E-state index in [1.54, 1.807) is 0 Å². The summed E-state index contributed by atoms with van der Waals surface area (Å²) in [5.74, 6) is 0. The summed E-state index contributed by atoms with van der Waals surface area (Å²) in [4.78, 5) is 0. The molecule has 0 amide bonds. The fraction of sp³-hybridized carbons (Fsp3) is 1.00. The summed E-state index contributed by atoms with van der Waals surface area (Å²) >= 11 is 3.40. The van der Waals surface area contributed by atoms with E-state index in [0.717, 1.165) is 33.8 Å². The Kier molecular flexibility index (Phi) is 9.20. The summed E-state index contributed by atoms with van der Waals surface area (Å²) < 4.78 is 10.7. The average Bonchev–Trinajstić information content (AvgIpc) is 2.01. The summed E-state index contributed by atoms with van der Waals surface area (Å²) in [5.41, 5.74) is 0. The number of halogens is 1. The highest BCUT2D eigenvalue weighted by molar-refractivity contribution is 9.23. The third-order valence-electron chi connectivity index (χ3n) is 1.18. The van der Waals surface area contributed by atoms with Gasteiger partial charge in [-0.3, -0.25) is 0 Å². The number of hydrogen-bond donors (Lipinski definition) is 0. The Morgan fingerprint density at radius 3 is 2.18 bits per heavy atom. The van der Waals surface area contributed by atoms with Gasteiger partial charge in [0.05, 0.1) is 0 Å². The molecule has 66 valence electrons. The van der Waals surface area contributed by atoms with Crippen LogP contribution in [0.3, 0.4) is 0 Å². The smallest absolute Gasteiger partial charge is 0.157 e. The lowest BCUT2D eigenvalue weighted by atomic mass is 10.4. The van der Waals surface area contributed by atoms with Gasteiger partial charge in [0.1, 0.15) is 8.14 Å². The van der Waals surface area contributed by atoms with Crippen LogP contribution in [0.2, 0.25) is 6.04 Å². The van der Waals surface area contributed by atoms with Gasteiger partial charge in [0.15, 0.2) is 6.29 Å². The summed E-state index contributed by atoms with van der Waals surface area (Å²) in [5, 5.41) is 0. The summed E-state index contributed by atoms with van der Waals surface area (Å²) in [6, 6.07) is 1.13. The van der Waals surface area contributed by atoms with E-state index in [9.17, 15) is 0 Å². The molecular formula is C7H15BrO2Si. The molecule has 0 saturated carbocycles. The zero-order valence-corrected chi connectivity index (χ0v) is 9.69. The van der Waals surface area contributed by atoms with Crippen LogP contribution in [-0.4, -0.2) is 27.6 Å². The van der Waals surface area contributed by atoms with Gasteiger partial charge in [-0.05, 0) is 26.3 Å². The third kappa shape index (κ3) is 6.99. The molecule has 0 fully saturated rings. The maximum absolute atomic E-state index is 5.35. The molecule has 0 bridgehead atoms. The van der Waals surface area contributed by atoms with Crippen LogP contribution in [0.15, 0.2) is 0 Å². The molecule has 0 heterocycles. The van der Waals surface area contributed by atoms with Crippen LogP contribution >= 0.6 is 15.3 Å². The number of ether oxygens (including phenoxy) is 2. The van der Waals surface area contributed by atoms with Crippen molar-refractivity contribution in [2.45, 2.75) is 32.6 Å². The van der Waals surface area contributed by atoms with Gasteiger partial charge in [-0.1, -0.05) is 0 Å². The van der Waals surface area contributed by atoms with Crippen LogP contribution in [0.5, 0.6) is 0 Å². The first-order chi connectivity index (χ1) is 5.35. The van der Waals surface area contributed by atoms with Gasteiger partial charge < -0.3 is 9.47 Å². The molecule has 0 rings (SSSR count). The number of hydrogen-bond acceptors (Lipinski definition) is 2. The second kappa shape index (κ2) is 8.71. The molecule has 2 radical (unpaired) electrons. The Bertz CT molecular complexity index is 76.8. The van der Waals surface area contributed by atoms with Crippen molar-refractivity contribution in [1.29, 1.82) is 0 Å². The van der Waals surface area contributed by atoms with Gasteiger partial charge >= 0.3 is 0 Å². The molecular weight excluding hydrogens is 224 g/mol. The molecule has 2 nitrogen and oxygen atoms in total. The second-order valence-corrected chi connectivity index (χ2v) is 4.46. The lowest BCUT2D eigenvalue weighted by Gasteiger charge is -2.15. The first-order valence-corrected chi connectivity index (χ1v) is 7.38. The normalized spacial score (nSPS) is 10.9. The van der Waals surface area contributed by atoms with E-state index >= 15 is 0 Å². The van der Waals surface area contributed by atoms with E-state index in [0.29, 0.717) is 0 Å². The Morgan fingerprint density at radius 2 is 1.82 bits per heavy atom. The van der Waals surface area contributed by atoms with E-state index in [4.69, 9.17) is 9.47 Å². The number of rotatable bonds is 7. The molecule has 0 aliphatic heterocycles. The minimum Gasteiger partial charge on any atom is -0.353 e. The van der Waals surface area contributed by atoms with E-state index in [1.807, 2.05) is 13.8 Å². The quantitative estimate of drug-likeness (QED) is 0.385. The molecule has 0 N–H and O–H groups in total. The Balaban J connectivity index is 3.34. The summed E-state index contributed by atoms with van der Waals surface area (Å²) in [7, 11) is 0.812. The zero-order chi connectivity index (χ0) is 8.53. The van der Waals surface area contributed by atoms with E-state index in [2.05, 4.69) is 15.3 Å². The highest BCUT2D eigenvalue weighted by atomic mass is 79.9. The second-order valence-electron chi connectivity index (χ2n) is 2.01. The summed E-state index contributed by atoms with van der Waals surface area (Å²) in [6.07, 6.45) is 1.00. The highest BCUT2D eigenvalue weighted by Gasteiger charge is 2.05. The molecule has 0 atom stereocenters. The van der Waals surface area contributed by atoms with Gasteiger partial charge in [-0.25, -0.2) is 0 Å². The van der Waals surface area contributed by atoms with E-state index < -0.39 is 0 Å². The highest BCUT2D eigenvalue weighted by Crippen LogP contribution is 2.05. The maximum atomic E-state index is 5.35. The van der Waals surface area contributed by atoms with Crippen molar-refractivity contribution in [2.24, 2.45) is 0 Å². The first-order valence-electron chi connectivity index (χ1n) is 3.91. The predicted octanol–water partition coefficient (Wildman–Crippen LogP) is 2.21. The molecule has 0 aromatic rings. The monoisotopic (exact) mass is 238 g/mol. The zero-order valence-electron chi connectivity index (χ0n) is 7.10. The molecule has 0 aromatic heterocycles. The molecule has 0 aliphatic rings. The minimum absolute atomic E-state index is 0.00931. The van der Waals surface area contributed by atoms with Crippen molar-refractivity contribution in [1.82, 2.24) is 0 Å². The van der Waals surface area contributed by atoms with Gasteiger partial charge in [0, 0.05) is 13.2 Å². The summed E-state index contributed by atoms with van der Waals surface area (Å²) in [6.45, 7) is 5.44. The SMILES string of the molecule is CCOC(CC[Si]Br)OCC. The third-order valence-corrected chi connectivity index (χ3v) is 2.85. The van der Waals surface area contributed by atoms with Crippen molar-refractivity contribution in [3.8, 4) is 0 Å². The standard InChI is InChI=1S/C7H15BrO2Si/c1-3-9-7(10-4-2)5-6-11-8/h7H,3-6H2,1-2H3. The molecule has 0 aromatic carbocycles. The molecule has 0 spiro atoms. The lowest BCUT2D eigenvalue weighted by Crippen LogP contribution is -2.17. The van der Waals surface area contributed by atoms with Gasteiger partial charge in [-0.2, -0.15) is 0 Å². The van der Waals surface area contributed by atoms with E-state index in [-0.39, 0.29) is 6.29 Å². The Morgan fingerprint density at radius 1 is 1.27 bits per heavy atom. The predicted molar refractivity (Wildman–Crippen MR) is 51.1 cm³/mol. The molecule has 11 heavy (non-hydrogen) atoms. The van der Waals surface area contributed by atoms with Crippen LogP contribution in [0.4, 0.5) is 0 Å².